The van der Waals surface area contributed by atoms with Crippen molar-refractivity contribution in [2.24, 2.45) is 4.99 Å². The van der Waals surface area contributed by atoms with Crippen LogP contribution < -0.4 is 20.8 Å². The number of fused-ring (bicyclic) bond motifs is 1. The minimum Gasteiger partial charge on any atom is -0.454 e. The summed E-state index contributed by atoms with van der Waals surface area (Å²) in [6.45, 7) is 5.90. The monoisotopic (exact) mass is 495 g/mol. The van der Waals surface area contributed by atoms with Crippen LogP contribution in [0.25, 0.3) is 5.57 Å². The van der Waals surface area contributed by atoms with Crippen molar-refractivity contribution >= 4 is 23.0 Å². The number of halogens is 3. The number of pyridine rings is 1. The Morgan fingerprint density at radius 2 is 1.97 bits per heavy atom. The molecule has 0 unspecified atom stereocenters. The van der Waals surface area contributed by atoms with E-state index in [9.17, 15) is 8.78 Å². The van der Waals surface area contributed by atoms with Crippen molar-refractivity contribution in [3.63, 3.8) is 0 Å². The Morgan fingerprint density at radius 3 is 2.74 bits per heavy atom. The first-order valence-corrected chi connectivity index (χ1v) is 11.5. The van der Waals surface area contributed by atoms with Crippen molar-refractivity contribution in [2.45, 2.75) is 32.1 Å². The molecule has 4 rings (SSSR count). The summed E-state index contributed by atoms with van der Waals surface area (Å²) in [5.41, 5.74) is 2.49. The average Bonchev–Trinajstić information content (AvgIpc) is 2.84. The number of allylic oxidation sites excluding steroid dienone is 2. The number of nitrogens with zero attached hydrogens (tertiary/aromatic N) is 4. The van der Waals surface area contributed by atoms with Crippen molar-refractivity contribution in [1.29, 1.82) is 0 Å². The van der Waals surface area contributed by atoms with Crippen LogP contribution in [0, 0.1) is 0 Å². The van der Waals surface area contributed by atoms with Crippen molar-refractivity contribution in [1.82, 2.24) is 15.0 Å². The van der Waals surface area contributed by atoms with Gasteiger partial charge in [-0.1, -0.05) is 42.0 Å². The smallest absolute Gasteiger partial charge is 0.295 e. The maximum atomic E-state index is 14.2. The zero-order valence-corrected chi connectivity index (χ0v) is 19.9. The third-order valence-corrected chi connectivity index (χ3v) is 5.84. The molecule has 1 aromatic carbocycles. The molecule has 0 atom stereocenters. The van der Waals surface area contributed by atoms with Crippen LogP contribution >= 0.6 is 11.6 Å². The lowest BCUT2D eigenvalue weighted by atomic mass is 10.1. The highest BCUT2D eigenvalue weighted by Crippen LogP contribution is 2.40. The third kappa shape index (κ3) is 5.71. The van der Waals surface area contributed by atoms with Gasteiger partial charge in [-0.05, 0) is 56.0 Å². The van der Waals surface area contributed by atoms with Crippen LogP contribution in [0.2, 0.25) is 5.15 Å². The largest absolute Gasteiger partial charge is 0.454 e. The van der Waals surface area contributed by atoms with Gasteiger partial charge in [-0.3, -0.25) is 0 Å². The van der Waals surface area contributed by atoms with Gasteiger partial charge >= 0.3 is 0 Å². The van der Waals surface area contributed by atoms with E-state index in [1.165, 1.54) is 24.2 Å². The fraction of sp³-hybridized carbons (Fsp3) is 0.231. The van der Waals surface area contributed by atoms with Gasteiger partial charge in [-0.2, -0.15) is 8.78 Å². The van der Waals surface area contributed by atoms with Crippen LogP contribution in [0.15, 0.2) is 72.8 Å². The molecule has 3 aromatic rings. The number of alkyl halides is 2. The molecule has 35 heavy (non-hydrogen) atoms. The van der Waals surface area contributed by atoms with Gasteiger partial charge in [-0.15, -0.1) is 0 Å². The van der Waals surface area contributed by atoms with E-state index in [0.29, 0.717) is 30.3 Å². The molecule has 0 saturated carbocycles. The summed E-state index contributed by atoms with van der Waals surface area (Å²) in [4.78, 5) is 17.0. The lowest BCUT2D eigenvalue weighted by Gasteiger charge is -2.17. The molecule has 2 aromatic heterocycles. The lowest BCUT2D eigenvalue weighted by Crippen LogP contribution is -2.34. The first-order valence-electron chi connectivity index (χ1n) is 11.1. The summed E-state index contributed by atoms with van der Waals surface area (Å²) >= 11 is 6.05. The number of hydrogen-bond acceptors (Lipinski definition) is 6. The number of benzene rings is 1. The number of aromatic nitrogens is 3. The molecule has 1 aliphatic heterocycles. The normalized spacial score (nSPS) is 13.3. The number of ether oxygens (including phenoxy) is 1. The molecule has 0 spiro atoms. The summed E-state index contributed by atoms with van der Waals surface area (Å²) in [6, 6.07) is 8.32. The van der Waals surface area contributed by atoms with E-state index in [1.54, 1.807) is 18.3 Å². The Bertz CT molecular complexity index is 1370. The Balaban J connectivity index is 1.46. The molecular weight excluding hydrogens is 472 g/mol. The summed E-state index contributed by atoms with van der Waals surface area (Å²) in [6.07, 6.45) is 9.63. The van der Waals surface area contributed by atoms with E-state index in [2.05, 4.69) is 38.8 Å². The van der Waals surface area contributed by atoms with Crippen LogP contribution in [0.1, 0.15) is 30.9 Å². The molecule has 0 amide bonds. The van der Waals surface area contributed by atoms with Gasteiger partial charge in [0.25, 0.3) is 5.92 Å². The number of nitrogens with one attached hydrogen (secondary N) is 1. The highest BCUT2D eigenvalue weighted by atomic mass is 35.5. The summed E-state index contributed by atoms with van der Waals surface area (Å²) in [5, 5.41) is 4.19. The minimum absolute atomic E-state index is 0.147. The van der Waals surface area contributed by atoms with E-state index in [-0.39, 0.29) is 10.9 Å². The van der Waals surface area contributed by atoms with Gasteiger partial charge in [0, 0.05) is 18.9 Å². The lowest BCUT2D eigenvalue weighted by molar-refractivity contribution is 0.0502. The molecule has 6 nitrogen and oxygen atoms in total. The summed E-state index contributed by atoms with van der Waals surface area (Å²) in [7, 11) is 0. The van der Waals surface area contributed by atoms with Crippen LogP contribution in [0.5, 0.6) is 11.5 Å². The molecule has 1 N–H and O–H groups in total. The topological polar surface area (TPSA) is 72.3 Å². The molecule has 0 aliphatic carbocycles. The Hall–Kier alpha value is -3.65. The number of rotatable bonds is 8. The van der Waals surface area contributed by atoms with Crippen LogP contribution in [-0.4, -0.2) is 21.5 Å². The number of hydrogen-bond donors (Lipinski definition) is 1. The first kappa shape index (κ1) is 24.5. The number of anilines is 1. The van der Waals surface area contributed by atoms with Gasteiger partial charge < -0.3 is 10.1 Å². The molecule has 0 bridgehead atoms. The molecular formula is C26H24ClF2N5O. The van der Waals surface area contributed by atoms with Gasteiger partial charge in [0.2, 0.25) is 0 Å². The zero-order valence-electron chi connectivity index (χ0n) is 19.1. The van der Waals surface area contributed by atoms with Gasteiger partial charge in [-0.25, -0.2) is 19.9 Å². The van der Waals surface area contributed by atoms with Crippen molar-refractivity contribution < 1.29 is 13.5 Å². The van der Waals surface area contributed by atoms with E-state index >= 15 is 0 Å². The van der Waals surface area contributed by atoms with Gasteiger partial charge in [0.05, 0.1) is 10.8 Å². The van der Waals surface area contributed by atoms with Crippen molar-refractivity contribution in [2.75, 3.05) is 11.9 Å². The highest BCUT2D eigenvalue weighted by Gasteiger charge is 2.32. The molecule has 0 saturated heterocycles. The van der Waals surface area contributed by atoms with E-state index in [0.717, 1.165) is 29.4 Å². The van der Waals surface area contributed by atoms with Crippen LogP contribution in [0.4, 0.5) is 14.6 Å². The fourth-order valence-electron chi connectivity index (χ4n) is 3.68. The standard InChI is InChI=1S/C26H24ClF2N5O/c1-3-26(28,29)20-12-15-30-23(27)22(20)35-19-9-7-18(8-10-19)11-14-32-25-21-17(2)6-4-5-13-31-24(21)33-16-34-25/h3,5,7-10,12-13,15-16H,1,4,6,11,14H2,2H3,(H,31,32,33,34). The summed E-state index contributed by atoms with van der Waals surface area (Å²) in [5.74, 6) is -2.37. The van der Waals surface area contributed by atoms with E-state index in [4.69, 9.17) is 16.3 Å². The molecule has 0 fully saturated rings. The second-order valence-corrected chi connectivity index (χ2v) is 8.34. The van der Waals surface area contributed by atoms with Gasteiger partial charge in [0.1, 0.15) is 17.9 Å². The second kappa shape index (κ2) is 10.7. The Morgan fingerprint density at radius 1 is 1.17 bits per heavy atom. The minimum atomic E-state index is -3.30. The molecule has 9 heteroatoms. The SMILES string of the molecule is C=CC(F)(F)c1ccnc(Cl)c1Oc1ccc(CCNc2ncnc3c2=C(C)CCC=CN=3)cc1. The third-order valence-electron chi connectivity index (χ3n) is 5.57. The quantitative estimate of drug-likeness (QED) is 0.337. The van der Waals surface area contributed by atoms with E-state index in [1.807, 2.05) is 18.2 Å². The van der Waals surface area contributed by atoms with Gasteiger partial charge in [0.15, 0.2) is 16.4 Å². The van der Waals surface area contributed by atoms with E-state index < -0.39 is 11.5 Å². The zero-order chi connectivity index (χ0) is 24.8. The predicted octanol–water partition coefficient (Wildman–Crippen LogP) is 5.35. The van der Waals surface area contributed by atoms with Crippen LogP contribution in [0.3, 0.4) is 0 Å². The Kier molecular flexibility index (Phi) is 7.51. The first-order chi connectivity index (χ1) is 16.9. The van der Waals surface area contributed by atoms with Crippen molar-refractivity contribution in [3.8, 4) is 11.5 Å². The maximum absolute atomic E-state index is 14.2. The molecule has 0 radical (unpaired) electrons. The second-order valence-electron chi connectivity index (χ2n) is 7.98. The predicted molar refractivity (Wildman–Crippen MR) is 132 cm³/mol. The average molecular weight is 496 g/mol. The Labute approximate surface area is 206 Å². The van der Waals surface area contributed by atoms with Crippen LogP contribution in [-0.2, 0) is 12.3 Å². The fourth-order valence-corrected chi connectivity index (χ4v) is 3.88. The van der Waals surface area contributed by atoms with Crippen molar-refractivity contribution in [3.05, 3.63) is 94.8 Å². The molecule has 3 heterocycles. The molecule has 1 aliphatic rings. The molecule has 180 valence electrons. The summed E-state index contributed by atoms with van der Waals surface area (Å²) < 4.78 is 34.1. The maximum Gasteiger partial charge on any atom is 0.295 e. The highest BCUT2D eigenvalue weighted by molar-refractivity contribution is 6.31.